The van der Waals surface area contributed by atoms with E-state index in [-0.39, 0.29) is 0 Å². The van der Waals surface area contributed by atoms with Crippen molar-refractivity contribution < 1.29 is 0 Å². The van der Waals surface area contributed by atoms with E-state index in [2.05, 4.69) is 32.4 Å². The van der Waals surface area contributed by atoms with Crippen molar-refractivity contribution in [3.63, 3.8) is 0 Å². The van der Waals surface area contributed by atoms with E-state index in [1.807, 2.05) is 16.1 Å². The topological polar surface area (TPSA) is 95.4 Å². The molecule has 0 fully saturated rings. The van der Waals surface area contributed by atoms with Crippen molar-refractivity contribution in [3.8, 4) is 0 Å². The van der Waals surface area contributed by atoms with Gasteiger partial charge in [0.15, 0.2) is 11.0 Å². The molecule has 0 saturated carbocycles. The molecule has 0 saturated heterocycles. The van der Waals surface area contributed by atoms with Crippen molar-refractivity contribution >= 4 is 39.1 Å². The number of thioether (sulfide) groups is 1. The number of aryl methyl sites for hydroxylation is 1. The van der Waals surface area contributed by atoms with E-state index in [1.54, 1.807) is 11.3 Å². The Morgan fingerprint density at radius 3 is 3.14 bits per heavy atom. The van der Waals surface area contributed by atoms with Crippen LogP contribution in [0.4, 0.5) is 5.82 Å². The van der Waals surface area contributed by atoms with Gasteiger partial charge in [-0.3, -0.25) is 0 Å². The molecule has 9 heteroatoms. The molecular formula is C12H15N7S2. The lowest BCUT2D eigenvalue weighted by Crippen LogP contribution is -2.05. The quantitative estimate of drug-likeness (QED) is 0.550. The number of hydrogen-bond acceptors (Lipinski definition) is 8. The van der Waals surface area contributed by atoms with Gasteiger partial charge in [0.05, 0.1) is 11.1 Å². The van der Waals surface area contributed by atoms with E-state index in [0.29, 0.717) is 16.7 Å². The summed E-state index contributed by atoms with van der Waals surface area (Å²) < 4.78 is 1.84. The van der Waals surface area contributed by atoms with E-state index >= 15 is 0 Å². The van der Waals surface area contributed by atoms with E-state index in [1.165, 1.54) is 11.8 Å². The molecule has 2 N–H and O–H groups in total. The molecule has 3 rings (SSSR count). The van der Waals surface area contributed by atoms with Crippen LogP contribution in [0.1, 0.15) is 25.6 Å². The van der Waals surface area contributed by atoms with Crippen molar-refractivity contribution in [3.05, 3.63) is 17.3 Å². The van der Waals surface area contributed by atoms with Crippen molar-refractivity contribution in [2.75, 3.05) is 5.73 Å². The van der Waals surface area contributed by atoms with Crippen molar-refractivity contribution in [1.29, 1.82) is 0 Å². The molecule has 0 atom stereocenters. The number of nitrogens with zero attached hydrogens (tertiary/aromatic N) is 6. The van der Waals surface area contributed by atoms with Crippen LogP contribution >= 0.6 is 23.1 Å². The first-order chi connectivity index (χ1) is 10.3. The van der Waals surface area contributed by atoms with Crippen LogP contribution < -0.4 is 5.73 Å². The van der Waals surface area contributed by atoms with Gasteiger partial charge in [-0.25, -0.2) is 14.6 Å². The average Bonchev–Trinajstić information content (AvgIpc) is 3.11. The lowest BCUT2D eigenvalue weighted by atomic mass is 10.3. The molecule has 0 radical (unpaired) electrons. The van der Waals surface area contributed by atoms with Gasteiger partial charge < -0.3 is 5.73 Å². The zero-order valence-electron chi connectivity index (χ0n) is 11.6. The van der Waals surface area contributed by atoms with Gasteiger partial charge in [-0.15, -0.1) is 16.4 Å². The zero-order valence-corrected chi connectivity index (χ0v) is 13.2. The maximum atomic E-state index is 5.94. The Morgan fingerprint density at radius 2 is 2.29 bits per heavy atom. The second kappa shape index (κ2) is 6.35. The summed E-state index contributed by atoms with van der Waals surface area (Å²) in [7, 11) is 0. The Labute approximate surface area is 130 Å². The molecule has 0 aliphatic heterocycles. The van der Waals surface area contributed by atoms with Crippen LogP contribution in [-0.4, -0.2) is 30.2 Å². The Kier molecular flexibility index (Phi) is 4.30. The molecule has 0 aromatic carbocycles. The summed E-state index contributed by atoms with van der Waals surface area (Å²) in [6.07, 6.45) is 2.18. The Balaban J connectivity index is 1.73. The van der Waals surface area contributed by atoms with Gasteiger partial charge in [0, 0.05) is 6.54 Å². The molecule has 3 heterocycles. The van der Waals surface area contributed by atoms with Gasteiger partial charge in [-0.2, -0.15) is 0 Å². The number of nitrogens with two attached hydrogens (primary N) is 1. The number of hydrogen-bond donors (Lipinski definition) is 1. The van der Waals surface area contributed by atoms with Crippen LogP contribution in [0.5, 0.6) is 0 Å². The second-order valence-electron chi connectivity index (χ2n) is 4.49. The summed E-state index contributed by atoms with van der Waals surface area (Å²) in [4.78, 5) is 9.74. The number of tetrazole rings is 1. The molecule has 0 aliphatic carbocycles. The fourth-order valence-electron chi connectivity index (χ4n) is 1.86. The first-order valence-electron chi connectivity index (χ1n) is 6.66. The van der Waals surface area contributed by atoms with Crippen molar-refractivity contribution in [1.82, 2.24) is 30.2 Å². The van der Waals surface area contributed by atoms with E-state index < -0.39 is 0 Å². The molecule has 0 spiro atoms. The van der Waals surface area contributed by atoms with Crippen LogP contribution in [0, 0.1) is 0 Å². The minimum absolute atomic E-state index is 0.523. The summed E-state index contributed by atoms with van der Waals surface area (Å²) in [5, 5.41) is 15.3. The molecule has 0 unspecified atom stereocenters. The third kappa shape index (κ3) is 3.13. The fourth-order valence-corrected chi connectivity index (χ4v) is 3.47. The maximum Gasteiger partial charge on any atom is 0.191 e. The van der Waals surface area contributed by atoms with Gasteiger partial charge in [0.25, 0.3) is 0 Å². The molecule has 3 aromatic rings. The van der Waals surface area contributed by atoms with Gasteiger partial charge in [-0.1, -0.05) is 25.1 Å². The summed E-state index contributed by atoms with van der Waals surface area (Å²) >= 11 is 3.06. The molecule has 0 aliphatic rings. The van der Waals surface area contributed by atoms with Crippen LogP contribution in [0.2, 0.25) is 0 Å². The molecular weight excluding hydrogens is 306 g/mol. The molecule has 0 bridgehead atoms. The summed E-state index contributed by atoms with van der Waals surface area (Å²) in [6, 6.07) is 1.94. The molecule has 7 nitrogen and oxygen atoms in total. The number of nitrogen functional groups attached to an aromatic ring is 1. The Morgan fingerprint density at radius 1 is 1.38 bits per heavy atom. The summed E-state index contributed by atoms with van der Waals surface area (Å²) in [5.41, 5.74) is 5.94. The van der Waals surface area contributed by atoms with Crippen LogP contribution in [-0.2, 0) is 12.3 Å². The van der Waals surface area contributed by atoms with Gasteiger partial charge in [0.1, 0.15) is 10.6 Å². The number of fused-ring (bicyclic) bond motifs is 1. The van der Waals surface area contributed by atoms with Crippen molar-refractivity contribution in [2.24, 2.45) is 0 Å². The predicted octanol–water partition coefficient (Wildman–Crippen LogP) is 2.35. The van der Waals surface area contributed by atoms with Crippen LogP contribution in [0.3, 0.4) is 0 Å². The van der Waals surface area contributed by atoms with E-state index in [9.17, 15) is 0 Å². The van der Waals surface area contributed by atoms with E-state index in [0.717, 1.165) is 35.4 Å². The second-order valence-corrected chi connectivity index (χ2v) is 6.33. The summed E-state index contributed by atoms with van der Waals surface area (Å²) in [5.74, 6) is 1.99. The number of thiophene rings is 1. The largest absolute Gasteiger partial charge is 0.383 e. The third-order valence-corrected chi connectivity index (χ3v) is 4.64. The highest BCUT2D eigenvalue weighted by Crippen LogP contribution is 2.27. The Hall–Kier alpha value is -1.74. The maximum absolute atomic E-state index is 5.94. The highest BCUT2D eigenvalue weighted by atomic mass is 32.2. The van der Waals surface area contributed by atoms with Crippen LogP contribution in [0.25, 0.3) is 10.2 Å². The minimum atomic E-state index is 0.523. The number of unbranched alkanes of at least 4 members (excludes halogenated alkanes) is 1. The van der Waals surface area contributed by atoms with Gasteiger partial charge >= 0.3 is 0 Å². The number of rotatable bonds is 6. The highest BCUT2D eigenvalue weighted by molar-refractivity contribution is 7.98. The smallest absolute Gasteiger partial charge is 0.191 e. The lowest BCUT2D eigenvalue weighted by molar-refractivity contribution is 0.540. The highest BCUT2D eigenvalue weighted by Gasteiger charge is 2.10. The molecule has 0 amide bonds. The first kappa shape index (κ1) is 14.2. The monoisotopic (exact) mass is 321 g/mol. The zero-order chi connectivity index (χ0) is 14.7. The normalized spacial score (nSPS) is 11.3. The lowest BCUT2D eigenvalue weighted by Gasteiger charge is -2.04. The third-order valence-electron chi connectivity index (χ3n) is 2.99. The van der Waals surface area contributed by atoms with E-state index in [4.69, 9.17) is 5.73 Å². The predicted molar refractivity (Wildman–Crippen MR) is 84.1 cm³/mol. The van der Waals surface area contributed by atoms with Gasteiger partial charge in [-0.05, 0) is 28.3 Å². The summed E-state index contributed by atoms with van der Waals surface area (Å²) in [6.45, 7) is 2.98. The standard InChI is InChI=1S/C12H15N7S2/c1-2-3-5-19-9(16-17-18-19)7-21-12-14-10(13)8-4-6-20-11(8)15-12/h4,6H,2-3,5,7H2,1H3,(H2,13,14,15). The van der Waals surface area contributed by atoms with Crippen molar-refractivity contribution in [2.45, 2.75) is 37.2 Å². The molecule has 110 valence electrons. The number of aromatic nitrogens is 6. The molecule has 3 aromatic heterocycles. The first-order valence-corrected chi connectivity index (χ1v) is 8.53. The SMILES string of the molecule is CCCCn1nnnc1CSc1nc(N)c2ccsc2n1. The van der Waals surface area contributed by atoms with Crippen LogP contribution in [0.15, 0.2) is 16.6 Å². The average molecular weight is 321 g/mol. The Bertz CT molecular complexity index is 736. The minimum Gasteiger partial charge on any atom is -0.383 e. The number of anilines is 1. The van der Waals surface area contributed by atoms with Gasteiger partial charge in [0.2, 0.25) is 0 Å². The fraction of sp³-hybridized carbons (Fsp3) is 0.417. The molecule has 21 heavy (non-hydrogen) atoms.